The van der Waals surface area contributed by atoms with Crippen molar-refractivity contribution in [1.82, 2.24) is 10.2 Å². The first-order valence-corrected chi connectivity index (χ1v) is 8.61. The fourth-order valence-corrected chi connectivity index (χ4v) is 2.81. The van der Waals surface area contributed by atoms with Crippen LogP contribution >= 0.6 is 0 Å². The third-order valence-electron chi connectivity index (χ3n) is 4.18. The predicted octanol–water partition coefficient (Wildman–Crippen LogP) is 3.22. The van der Waals surface area contributed by atoms with Gasteiger partial charge in [-0.2, -0.15) is 0 Å². The van der Waals surface area contributed by atoms with Gasteiger partial charge in [0.25, 0.3) is 5.91 Å². The summed E-state index contributed by atoms with van der Waals surface area (Å²) in [5.41, 5.74) is 0.550. The van der Waals surface area contributed by atoms with Crippen LogP contribution in [0.3, 0.4) is 0 Å². The number of nitrogens with one attached hydrogen (secondary N) is 1. The van der Waals surface area contributed by atoms with Gasteiger partial charge in [-0.05, 0) is 49.2 Å². The Kier molecular flexibility index (Phi) is 5.67. The second kappa shape index (κ2) is 8.33. The lowest BCUT2D eigenvalue weighted by atomic mass is 10.2. The molecule has 0 aliphatic carbocycles. The molecule has 0 spiro atoms. The van der Waals surface area contributed by atoms with Gasteiger partial charge in [0, 0.05) is 31.6 Å². The Hall–Kier alpha value is -2.82. The number of benzene rings is 2. The monoisotopic (exact) mass is 338 g/mol. The minimum absolute atomic E-state index is 0.115. The summed E-state index contributed by atoms with van der Waals surface area (Å²) in [5, 5.41) is 2.80. The van der Waals surface area contributed by atoms with Crippen LogP contribution in [0.25, 0.3) is 0 Å². The number of hydrogen-bond acceptors (Lipinski definition) is 3. The summed E-state index contributed by atoms with van der Waals surface area (Å²) < 4.78 is 5.70. The van der Waals surface area contributed by atoms with E-state index in [2.05, 4.69) is 5.32 Å². The maximum Gasteiger partial charge on any atom is 0.251 e. The highest BCUT2D eigenvalue weighted by molar-refractivity contribution is 5.94. The summed E-state index contributed by atoms with van der Waals surface area (Å²) in [6.45, 7) is 2.04. The molecule has 2 amide bonds. The first kappa shape index (κ1) is 17.0. The van der Waals surface area contributed by atoms with Crippen LogP contribution < -0.4 is 10.1 Å². The average Bonchev–Trinajstić information content (AvgIpc) is 3.18. The van der Waals surface area contributed by atoms with Crippen LogP contribution in [0.4, 0.5) is 0 Å². The molecule has 1 aliphatic heterocycles. The molecule has 3 rings (SSSR count). The normalized spacial score (nSPS) is 13.5. The van der Waals surface area contributed by atoms with E-state index in [9.17, 15) is 9.59 Å². The highest BCUT2D eigenvalue weighted by atomic mass is 16.5. The number of amides is 2. The Balaban J connectivity index is 1.46. The van der Waals surface area contributed by atoms with Crippen molar-refractivity contribution in [1.29, 1.82) is 0 Å². The van der Waals surface area contributed by atoms with Crippen molar-refractivity contribution in [2.24, 2.45) is 0 Å². The molecule has 0 aromatic heterocycles. The predicted molar refractivity (Wildman–Crippen MR) is 95.7 cm³/mol. The summed E-state index contributed by atoms with van der Waals surface area (Å²) in [7, 11) is 0. The fraction of sp³-hybridized carbons (Fsp3) is 0.300. The highest BCUT2D eigenvalue weighted by Crippen LogP contribution is 2.21. The van der Waals surface area contributed by atoms with E-state index in [1.807, 2.05) is 35.2 Å². The van der Waals surface area contributed by atoms with E-state index in [0.29, 0.717) is 24.3 Å². The zero-order valence-electron chi connectivity index (χ0n) is 14.1. The molecule has 25 heavy (non-hydrogen) atoms. The first-order valence-electron chi connectivity index (χ1n) is 8.61. The van der Waals surface area contributed by atoms with E-state index < -0.39 is 0 Å². The number of nitrogens with zero attached hydrogens (tertiary/aromatic N) is 1. The molecule has 0 radical (unpaired) electrons. The minimum atomic E-state index is -0.180. The van der Waals surface area contributed by atoms with Crippen molar-refractivity contribution >= 4 is 11.8 Å². The van der Waals surface area contributed by atoms with Crippen molar-refractivity contribution in [2.45, 2.75) is 19.3 Å². The van der Waals surface area contributed by atoms with Gasteiger partial charge in [-0.1, -0.05) is 18.2 Å². The molecule has 5 heteroatoms. The van der Waals surface area contributed by atoms with Crippen LogP contribution in [0.2, 0.25) is 0 Å². The molecule has 0 unspecified atom stereocenters. The number of likely N-dealkylation sites (tertiary alicyclic amines) is 1. The van der Waals surface area contributed by atoms with E-state index in [1.165, 1.54) is 0 Å². The Morgan fingerprint density at radius 2 is 1.56 bits per heavy atom. The SMILES string of the molecule is O=C(NCCC(=O)N1CCCC1)c1ccc(Oc2ccccc2)cc1. The molecule has 130 valence electrons. The molecule has 5 nitrogen and oxygen atoms in total. The summed E-state index contributed by atoms with van der Waals surface area (Å²) in [4.78, 5) is 25.9. The second-order valence-electron chi connectivity index (χ2n) is 6.03. The molecule has 1 N–H and O–H groups in total. The number of para-hydroxylation sites is 1. The molecule has 1 fully saturated rings. The van der Waals surface area contributed by atoms with Crippen LogP contribution in [-0.4, -0.2) is 36.3 Å². The molecule has 1 heterocycles. The molecule has 2 aromatic carbocycles. The topological polar surface area (TPSA) is 58.6 Å². The Morgan fingerprint density at radius 3 is 2.24 bits per heavy atom. The average molecular weight is 338 g/mol. The van der Waals surface area contributed by atoms with Crippen molar-refractivity contribution < 1.29 is 14.3 Å². The van der Waals surface area contributed by atoms with E-state index in [4.69, 9.17) is 4.74 Å². The van der Waals surface area contributed by atoms with Crippen LogP contribution in [-0.2, 0) is 4.79 Å². The Bertz CT molecular complexity index is 707. The molecule has 2 aromatic rings. The number of carbonyl (C=O) groups is 2. The lowest BCUT2D eigenvalue weighted by molar-refractivity contribution is -0.129. The zero-order chi connectivity index (χ0) is 17.5. The van der Waals surface area contributed by atoms with E-state index >= 15 is 0 Å². The fourth-order valence-electron chi connectivity index (χ4n) is 2.81. The molecule has 1 aliphatic rings. The van der Waals surface area contributed by atoms with Crippen LogP contribution in [0.1, 0.15) is 29.6 Å². The van der Waals surface area contributed by atoms with Crippen molar-refractivity contribution in [3.05, 3.63) is 60.2 Å². The van der Waals surface area contributed by atoms with Gasteiger partial charge in [0.1, 0.15) is 11.5 Å². The van der Waals surface area contributed by atoms with Gasteiger partial charge >= 0.3 is 0 Å². The molecule has 1 saturated heterocycles. The van der Waals surface area contributed by atoms with Gasteiger partial charge in [0.15, 0.2) is 0 Å². The first-order chi connectivity index (χ1) is 12.2. The van der Waals surface area contributed by atoms with Crippen LogP contribution in [0, 0.1) is 0 Å². The van der Waals surface area contributed by atoms with Crippen molar-refractivity contribution in [2.75, 3.05) is 19.6 Å². The Labute approximate surface area is 147 Å². The van der Waals surface area contributed by atoms with Gasteiger partial charge < -0.3 is 15.0 Å². The van der Waals surface area contributed by atoms with Crippen LogP contribution in [0.15, 0.2) is 54.6 Å². The van der Waals surface area contributed by atoms with Gasteiger partial charge in [-0.3, -0.25) is 9.59 Å². The number of hydrogen-bond donors (Lipinski definition) is 1. The van der Waals surface area contributed by atoms with Gasteiger partial charge in [-0.25, -0.2) is 0 Å². The molecular weight excluding hydrogens is 316 g/mol. The lowest BCUT2D eigenvalue weighted by Gasteiger charge is -2.15. The van der Waals surface area contributed by atoms with Gasteiger partial charge in [-0.15, -0.1) is 0 Å². The summed E-state index contributed by atoms with van der Waals surface area (Å²) >= 11 is 0. The largest absolute Gasteiger partial charge is 0.457 e. The molecule has 0 bridgehead atoms. The molecular formula is C20H22N2O3. The summed E-state index contributed by atoms with van der Waals surface area (Å²) in [6.07, 6.45) is 2.51. The number of carbonyl (C=O) groups excluding carboxylic acids is 2. The van der Waals surface area contributed by atoms with E-state index in [1.54, 1.807) is 24.3 Å². The standard InChI is InChI=1S/C20H22N2O3/c23-19(22-14-4-5-15-22)12-13-21-20(24)16-8-10-18(11-9-16)25-17-6-2-1-3-7-17/h1-3,6-11H,4-5,12-15H2,(H,21,24). The van der Waals surface area contributed by atoms with E-state index in [-0.39, 0.29) is 11.8 Å². The van der Waals surface area contributed by atoms with E-state index in [0.717, 1.165) is 31.7 Å². The third kappa shape index (κ3) is 4.83. The Morgan fingerprint density at radius 1 is 0.920 bits per heavy atom. The number of rotatable bonds is 6. The third-order valence-corrected chi connectivity index (χ3v) is 4.18. The quantitative estimate of drug-likeness (QED) is 0.880. The summed E-state index contributed by atoms with van der Waals surface area (Å²) in [6, 6.07) is 16.4. The second-order valence-corrected chi connectivity index (χ2v) is 6.03. The van der Waals surface area contributed by atoms with Gasteiger partial charge in [0.2, 0.25) is 5.91 Å². The molecule has 0 atom stereocenters. The maximum atomic E-state index is 12.1. The van der Waals surface area contributed by atoms with Crippen LogP contribution in [0.5, 0.6) is 11.5 Å². The highest BCUT2D eigenvalue weighted by Gasteiger charge is 2.17. The van der Waals surface area contributed by atoms with Crippen molar-refractivity contribution in [3.63, 3.8) is 0 Å². The summed E-state index contributed by atoms with van der Waals surface area (Å²) in [5.74, 6) is 1.36. The number of ether oxygens (including phenoxy) is 1. The lowest BCUT2D eigenvalue weighted by Crippen LogP contribution is -2.32. The van der Waals surface area contributed by atoms with Crippen molar-refractivity contribution in [3.8, 4) is 11.5 Å². The smallest absolute Gasteiger partial charge is 0.251 e. The van der Waals surface area contributed by atoms with Gasteiger partial charge in [0.05, 0.1) is 0 Å². The maximum absolute atomic E-state index is 12.1. The zero-order valence-corrected chi connectivity index (χ0v) is 14.1. The molecule has 0 saturated carbocycles. The minimum Gasteiger partial charge on any atom is -0.457 e.